The molecule has 2 unspecified atom stereocenters. The van der Waals surface area contributed by atoms with Gasteiger partial charge in [-0.2, -0.15) is 4.31 Å². The molecule has 27 heavy (non-hydrogen) atoms. The van der Waals surface area contributed by atoms with Crippen molar-refractivity contribution in [1.82, 2.24) is 25.1 Å². The SMILES string of the molecule is COCCN(Cc1nc2ccccc2c(=O)[nH]1)S(=O)(=O)C1C(C)NNC1C. The highest BCUT2D eigenvalue weighted by molar-refractivity contribution is 7.89. The molecule has 0 aliphatic carbocycles. The third-order valence-electron chi connectivity index (χ3n) is 4.76. The lowest BCUT2D eigenvalue weighted by atomic mass is 10.2. The van der Waals surface area contributed by atoms with Crippen LogP contribution in [0.25, 0.3) is 10.9 Å². The third kappa shape index (κ3) is 4.04. The average molecular weight is 395 g/mol. The van der Waals surface area contributed by atoms with Gasteiger partial charge >= 0.3 is 0 Å². The Bertz CT molecular complexity index is 951. The fourth-order valence-corrected chi connectivity index (χ4v) is 5.56. The third-order valence-corrected chi connectivity index (χ3v) is 7.30. The van der Waals surface area contributed by atoms with Crippen molar-refractivity contribution in [2.45, 2.75) is 37.7 Å². The smallest absolute Gasteiger partial charge is 0.258 e. The van der Waals surface area contributed by atoms with Crippen molar-refractivity contribution < 1.29 is 13.2 Å². The highest BCUT2D eigenvalue weighted by atomic mass is 32.2. The van der Waals surface area contributed by atoms with Crippen molar-refractivity contribution in [2.24, 2.45) is 0 Å². The van der Waals surface area contributed by atoms with E-state index in [2.05, 4.69) is 20.8 Å². The van der Waals surface area contributed by atoms with Crippen molar-refractivity contribution in [3.8, 4) is 0 Å². The molecule has 2 atom stereocenters. The van der Waals surface area contributed by atoms with Crippen LogP contribution in [0.4, 0.5) is 0 Å². The first kappa shape index (κ1) is 19.9. The van der Waals surface area contributed by atoms with Crippen molar-refractivity contribution in [1.29, 1.82) is 0 Å². The summed E-state index contributed by atoms with van der Waals surface area (Å²) in [5.74, 6) is 0.303. The molecule has 2 aromatic rings. The van der Waals surface area contributed by atoms with E-state index < -0.39 is 15.3 Å². The van der Waals surface area contributed by atoms with Crippen molar-refractivity contribution in [2.75, 3.05) is 20.3 Å². The summed E-state index contributed by atoms with van der Waals surface area (Å²) in [5.41, 5.74) is 6.19. The van der Waals surface area contributed by atoms with Crippen LogP contribution in [-0.4, -0.2) is 60.3 Å². The number of aromatic nitrogens is 2. The Kier molecular flexibility index (Phi) is 5.92. The zero-order valence-corrected chi connectivity index (χ0v) is 16.4. The van der Waals surface area contributed by atoms with Crippen LogP contribution in [0.1, 0.15) is 19.7 Å². The molecule has 3 N–H and O–H groups in total. The predicted molar refractivity (Wildman–Crippen MR) is 103 cm³/mol. The van der Waals surface area contributed by atoms with Crippen LogP contribution in [0.3, 0.4) is 0 Å². The number of ether oxygens (including phenoxy) is 1. The van der Waals surface area contributed by atoms with Crippen molar-refractivity contribution >= 4 is 20.9 Å². The molecule has 1 fully saturated rings. The summed E-state index contributed by atoms with van der Waals surface area (Å²) in [5, 5.41) is -0.166. The van der Waals surface area contributed by atoms with E-state index in [0.29, 0.717) is 16.7 Å². The van der Waals surface area contributed by atoms with Gasteiger partial charge in [0.2, 0.25) is 10.0 Å². The predicted octanol–water partition coefficient (Wildman–Crippen LogP) is -0.0453. The number of para-hydroxylation sites is 1. The molecule has 1 aromatic heterocycles. The first-order chi connectivity index (χ1) is 12.8. The normalized spacial score (nSPS) is 23.3. The lowest BCUT2D eigenvalue weighted by molar-refractivity contribution is 0.176. The van der Waals surface area contributed by atoms with E-state index in [9.17, 15) is 13.2 Å². The van der Waals surface area contributed by atoms with E-state index in [1.807, 2.05) is 13.8 Å². The summed E-state index contributed by atoms with van der Waals surface area (Å²) in [6.07, 6.45) is 0. The summed E-state index contributed by atoms with van der Waals surface area (Å²) >= 11 is 0. The fraction of sp³-hybridized carbons (Fsp3) is 0.529. The summed E-state index contributed by atoms with van der Waals surface area (Å²) in [4.78, 5) is 19.4. The van der Waals surface area contributed by atoms with Crippen LogP contribution < -0.4 is 16.4 Å². The molecule has 0 radical (unpaired) electrons. The molecule has 0 spiro atoms. The van der Waals surface area contributed by atoms with Gasteiger partial charge < -0.3 is 9.72 Å². The lowest BCUT2D eigenvalue weighted by Gasteiger charge is -2.28. The number of aromatic amines is 1. The van der Waals surface area contributed by atoms with Crippen molar-refractivity contribution in [3.05, 3.63) is 40.4 Å². The average Bonchev–Trinajstić information content (AvgIpc) is 2.97. The van der Waals surface area contributed by atoms with Gasteiger partial charge in [0.15, 0.2) is 0 Å². The molecule has 1 aliphatic heterocycles. The summed E-state index contributed by atoms with van der Waals surface area (Å²) < 4.78 is 33.0. The lowest BCUT2D eigenvalue weighted by Crippen LogP contribution is -2.47. The molecule has 1 aromatic carbocycles. The van der Waals surface area contributed by atoms with Crippen LogP contribution in [0.5, 0.6) is 0 Å². The van der Waals surface area contributed by atoms with Crippen LogP contribution in [0, 0.1) is 0 Å². The van der Waals surface area contributed by atoms with Gasteiger partial charge in [0.1, 0.15) is 11.1 Å². The minimum Gasteiger partial charge on any atom is -0.383 e. The van der Waals surface area contributed by atoms with Gasteiger partial charge in [-0.05, 0) is 26.0 Å². The van der Waals surface area contributed by atoms with Gasteiger partial charge in [0.05, 0.1) is 24.1 Å². The molecule has 1 saturated heterocycles. The molecule has 2 heterocycles. The number of sulfonamides is 1. The molecular weight excluding hydrogens is 370 g/mol. The molecule has 0 amide bonds. The molecule has 10 heteroatoms. The van der Waals surface area contributed by atoms with E-state index in [-0.39, 0.29) is 37.3 Å². The first-order valence-electron chi connectivity index (χ1n) is 8.81. The number of nitrogens with one attached hydrogen (secondary N) is 3. The second kappa shape index (κ2) is 8.03. The Balaban J connectivity index is 1.95. The minimum atomic E-state index is -3.67. The number of hydrazine groups is 1. The Morgan fingerprint density at radius 3 is 2.52 bits per heavy atom. The van der Waals surface area contributed by atoms with Crippen molar-refractivity contribution in [3.63, 3.8) is 0 Å². The van der Waals surface area contributed by atoms with Gasteiger partial charge in [-0.3, -0.25) is 15.6 Å². The largest absolute Gasteiger partial charge is 0.383 e. The van der Waals surface area contributed by atoms with Crippen LogP contribution in [0.2, 0.25) is 0 Å². The maximum absolute atomic E-state index is 13.3. The molecule has 1 aliphatic rings. The quantitative estimate of drug-likeness (QED) is 0.602. The summed E-state index contributed by atoms with van der Waals surface area (Å²) in [7, 11) is -2.15. The summed E-state index contributed by atoms with van der Waals surface area (Å²) in [6.45, 7) is 4.03. The first-order valence-corrected chi connectivity index (χ1v) is 10.3. The van der Waals surface area contributed by atoms with E-state index in [4.69, 9.17) is 4.74 Å². The minimum absolute atomic E-state index is 0.0261. The van der Waals surface area contributed by atoms with Gasteiger partial charge in [0.25, 0.3) is 5.56 Å². The van der Waals surface area contributed by atoms with Crippen LogP contribution in [0.15, 0.2) is 29.1 Å². The number of hydrogen-bond acceptors (Lipinski definition) is 7. The maximum Gasteiger partial charge on any atom is 0.258 e. The molecular formula is C17H25N5O4S. The standard InChI is InChI=1S/C17H25N5O4S/c1-11-16(12(2)21-20-11)27(24,25)22(8-9-26-3)10-15-18-14-7-5-4-6-13(14)17(23)19-15/h4-7,11-12,16,20-21H,8-10H2,1-3H3,(H,18,19,23). The van der Waals surface area contributed by atoms with Crippen LogP contribution in [-0.2, 0) is 21.3 Å². The number of nitrogens with zero attached hydrogens (tertiary/aromatic N) is 2. The molecule has 9 nitrogen and oxygen atoms in total. The number of rotatable bonds is 7. The topological polar surface area (TPSA) is 116 Å². The highest BCUT2D eigenvalue weighted by Gasteiger charge is 2.43. The fourth-order valence-electron chi connectivity index (χ4n) is 3.41. The van der Waals surface area contributed by atoms with Gasteiger partial charge in [-0.25, -0.2) is 13.4 Å². The van der Waals surface area contributed by atoms with Crippen LogP contribution >= 0.6 is 0 Å². The van der Waals surface area contributed by atoms with E-state index >= 15 is 0 Å². The number of hydrogen-bond donors (Lipinski definition) is 3. The Morgan fingerprint density at radius 2 is 1.85 bits per heavy atom. The molecule has 3 rings (SSSR count). The van der Waals surface area contributed by atoms with Gasteiger partial charge in [-0.15, -0.1) is 0 Å². The molecule has 0 saturated carbocycles. The second-order valence-corrected chi connectivity index (χ2v) is 8.82. The molecule has 148 valence electrons. The van der Waals surface area contributed by atoms with E-state index in [1.54, 1.807) is 24.3 Å². The second-order valence-electron chi connectivity index (χ2n) is 6.73. The van der Waals surface area contributed by atoms with E-state index in [1.165, 1.54) is 11.4 Å². The van der Waals surface area contributed by atoms with Gasteiger partial charge in [0, 0.05) is 25.7 Å². The molecule has 0 bridgehead atoms. The number of methoxy groups -OCH3 is 1. The number of benzene rings is 1. The highest BCUT2D eigenvalue weighted by Crippen LogP contribution is 2.21. The summed E-state index contributed by atoms with van der Waals surface area (Å²) in [6, 6.07) is 6.46. The Hall–Kier alpha value is -1.85. The van der Waals surface area contributed by atoms with E-state index in [0.717, 1.165) is 0 Å². The monoisotopic (exact) mass is 395 g/mol. The van der Waals surface area contributed by atoms with Gasteiger partial charge in [-0.1, -0.05) is 12.1 Å². The zero-order chi connectivity index (χ0) is 19.6. The maximum atomic E-state index is 13.3. The Labute approximate surface area is 158 Å². The Morgan fingerprint density at radius 1 is 1.19 bits per heavy atom. The number of H-pyrrole nitrogens is 1. The number of fused-ring (bicyclic) bond motifs is 1. The zero-order valence-electron chi connectivity index (χ0n) is 15.6.